The molecule has 0 fully saturated rings. The number of aliphatic hydroxyl groups excluding tert-OH is 1. The van der Waals surface area contributed by atoms with Crippen LogP contribution < -0.4 is 10.1 Å². The molecule has 0 spiro atoms. The zero-order valence-electron chi connectivity index (χ0n) is 15.0. The van der Waals surface area contributed by atoms with E-state index < -0.39 is 0 Å². The van der Waals surface area contributed by atoms with Crippen molar-refractivity contribution < 1.29 is 14.6 Å². The van der Waals surface area contributed by atoms with Crippen LogP contribution in [0, 0.1) is 0 Å². The predicted molar refractivity (Wildman–Crippen MR) is 99.9 cm³/mol. The molecule has 1 atom stereocenters. The van der Waals surface area contributed by atoms with Crippen LogP contribution in [-0.4, -0.2) is 43.2 Å². The van der Waals surface area contributed by atoms with E-state index in [2.05, 4.69) is 12.2 Å². The standard InChI is InChI=1S/C20H26N2O3/c1-4-15-7-5-6-8-18(15)21-20(24)13-22(2)19(14-23)16-9-11-17(25-3)12-10-16/h5-12,19,23H,4,13-14H2,1-3H3,(H,21,24). The van der Waals surface area contributed by atoms with Crippen LogP contribution in [0.4, 0.5) is 5.69 Å². The Labute approximate surface area is 149 Å². The number of nitrogens with one attached hydrogen (secondary N) is 1. The van der Waals surface area contributed by atoms with E-state index in [0.717, 1.165) is 29.0 Å². The number of carbonyl (C=O) groups is 1. The fourth-order valence-corrected chi connectivity index (χ4v) is 2.80. The Hall–Kier alpha value is -2.37. The van der Waals surface area contributed by atoms with E-state index in [4.69, 9.17) is 4.74 Å². The van der Waals surface area contributed by atoms with Crippen LogP contribution in [0.1, 0.15) is 24.1 Å². The van der Waals surface area contributed by atoms with Gasteiger partial charge in [0, 0.05) is 5.69 Å². The molecule has 0 heterocycles. The topological polar surface area (TPSA) is 61.8 Å². The summed E-state index contributed by atoms with van der Waals surface area (Å²) in [7, 11) is 3.44. The molecule has 2 N–H and O–H groups in total. The third kappa shape index (κ3) is 5.05. The SMILES string of the molecule is CCc1ccccc1NC(=O)CN(C)C(CO)c1ccc(OC)cc1. The summed E-state index contributed by atoms with van der Waals surface area (Å²) >= 11 is 0. The van der Waals surface area contributed by atoms with Crippen molar-refractivity contribution in [3.8, 4) is 5.75 Å². The fourth-order valence-electron chi connectivity index (χ4n) is 2.80. The maximum absolute atomic E-state index is 12.4. The minimum Gasteiger partial charge on any atom is -0.497 e. The molecule has 0 bridgehead atoms. The van der Waals surface area contributed by atoms with Gasteiger partial charge in [0.2, 0.25) is 5.91 Å². The summed E-state index contributed by atoms with van der Waals surface area (Å²) < 4.78 is 5.16. The third-order valence-corrected chi connectivity index (χ3v) is 4.27. The molecule has 25 heavy (non-hydrogen) atoms. The Kier molecular flexibility index (Phi) is 6.98. The number of benzene rings is 2. The predicted octanol–water partition coefficient (Wildman–Crippen LogP) is 2.86. The van der Waals surface area contributed by atoms with Crippen molar-refractivity contribution in [2.24, 2.45) is 0 Å². The van der Waals surface area contributed by atoms with Crippen molar-refractivity contribution in [2.45, 2.75) is 19.4 Å². The lowest BCUT2D eigenvalue weighted by Gasteiger charge is -2.26. The molecule has 0 aliphatic heterocycles. The first-order chi connectivity index (χ1) is 12.1. The zero-order valence-corrected chi connectivity index (χ0v) is 15.0. The van der Waals surface area contributed by atoms with Crippen LogP contribution in [0.2, 0.25) is 0 Å². The molecule has 0 saturated carbocycles. The van der Waals surface area contributed by atoms with Gasteiger partial charge >= 0.3 is 0 Å². The number of hydrogen-bond acceptors (Lipinski definition) is 4. The van der Waals surface area contributed by atoms with E-state index >= 15 is 0 Å². The van der Waals surface area contributed by atoms with Crippen molar-refractivity contribution >= 4 is 11.6 Å². The smallest absolute Gasteiger partial charge is 0.238 e. The summed E-state index contributed by atoms with van der Waals surface area (Å²) in [4.78, 5) is 14.2. The minimum absolute atomic E-state index is 0.0678. The van der Waals surface area contributed by atoms with Gasteiger partial charge in [-0.2, -0.15) is 0 Å². The second kappa shape index (κ2) is 9.20. The van der Waals surface area contributed by atoms with Gasteiger partial charge in [-0.1, -0.05) is 37.3 Å². The fraction of sp³-hybridized carbons (Fsp3) is 0.350. The average molecular weight is 342 g/mol. The number of para-hydroxylation sites is 1. The maximum Gasteiger partial charge on any atom is 0.238 e. The highest BCUT2D eigenvalue weighted by Gasteiger charge is 2.19. The molecule has 5 heteroatoms. The number of aryl methyl sites for hydroxylation is 1. The van der Waals surface area contributed by atoms with Gasteiger partial charge in [-0.05, 0) is 42.8 Å². The quantitative estimate of drug-likeness (QED) is 0.774. The molecule has 2 aromatic rings. The normalized spacial score (nSPS) is 12.0. The lowest BCUT2D eigenvalue weighted by atomic mass is 10.1. The molecule has 0 saturated heterocycles. The van der Waals surface area contributed by atoms with E-state index in [1.807, 2.05) is 60.5 Å². The van der Waals surface area contributed by atoms with E-state index in [9.17, 15) is 9.90 Å². The number of ether oxygens (including phenoxy) is 1. The van der Waals surface area contributed by atoms with E-state index in [-0.39, 0.29) is 25.1 Å². The Balaban J connectivity index is 2.02. The molecule has 1 amide bonds. The van der Waals surface area contributed by atoms with Crippen molar-refractivity contribution in [1.29, 1.82) is 0 Å². The van der Waals surface area contributed by atoms with Gasteiger partial charge in [0.15, 0.2) is 0 Å². The van der Waals surface area contributed by atoms with Gasteiger partial charge in [0.1, 0.15) is 5.75 Å². The second-order valence-electron chi connectivity index (χ2n) is 5.95. The van der Waals surface area contributed by atoms with Crippen molar-refractivity contribution in [2.75, 3.05) is 32.6 Å². The first kappa shape index (κ1) is 19.0. The highest BCUT2D eigenvalue weighted by molar-refractivity contribution is 5.93. The molecular weight excluding hydrogens is 316 g/mol. The van der Waals surface area contributed by atoms with Crippen LogP contribution in [0.3, 0.4) is 0 Å². The molecule has 0 aliphatic carbocycles. The Morgan fingerprint density at radius 1 is 1.20 bits per heavy atom. The summed E-state index contributed by atoms with van der Waals surface area (Å²) in [6.07, 6.45) is 0.859. The number of amides is 1. The Bertz CT molecular complexity index is 686. The number of anilines is 1. The number of methoxy groups -OCH3 is 1. The monoisotopic (exact) mass is 342 g/mol. The molecular formula is C20H26N2O3. The zero-order chi connectivity index (χ0) is 18.2. The molecule has 2 rings (SSSR count). The number of hydrogen-bond donors (Lipinski definition) is 2. The maximum atomic E-state index is 12.4. The summed E-state index contributed by atoms with van der Waals surface area (Å²) in [6, 6.07) is 15.0. The molecule has 134 valence electrons. The molecule has 0 aliphatic rings. The van der Waals surface area contributed by atoms with Gasteiger partial charge in [-0.15, -0.1) is 0 Å². The molecule has 0 radical (unpaired) electrons. The largest absolute Gasteiger partial charge is 0.497 e. The van der Waals surface area contributed by atoms with Crippen molar-refractivity contribution in [3.63, 3.8) is 0 Å². The summed E-state index contributed by atoms with van der Waals surface area (Å²) in [5.41, 5.74) is 2.88. The second-order valence-corrected chi connectivity index (χ2v) is 5.95. The van der Waals surface area contributed by atoms with Crippen molar-refractivity contribution in [1.82, 2.24) is 4.90 Å². The number of nitrogens with zero attached hydrogens (tertiary/aromatic N) is 1. The van der Waals surface area contributed by atoms with Crippen LogP contribution in [0.25, 0.3) is 0 Å². The molecule has 5 nitrogen and oxygen atoms in total. The van der Waals surface area contributed by atoms with E-state index in [1.165, 1.54) is 0 Å². The Morgan fingerprint density at radius 3 is 2.48 bits per heavy atom. The number of carbonyl (C=O) groups excluding carboxylic acids is 1. The van der Waals surface area contributed by atoms with Gasteiger partial charge in [-0.3, -0.25) is 9.69 Å². The number of rotatable bonds is 8. The lowest BCUT2D eigenvalue weighted by Crippen LogP contribution is -2.35. The summed E-state index contributed by atoms with van der Waals surface area (Å²) in [5, 5.41) is 12.7. The highest BCUT2D eigenvalue weighted by atomic mass is 16.5. The van der Waals surface area contributed by atoms with Gasteiger partial charge in [0.05, 0.1) is 26.3 Å². The lowest BCUT2D eigenvalue weighted by molar-refractivity contribution is -0.117. The summed E-state index contributed by atoms with van der Waals surface area (Å²) in [5.74, 6) is 0.660. The van der Waals surface area contributed by atoms with Gasteiger partial charge in [0.25, 0.3) is 0 Å². The molecule has 1 unspecified atom stereocenters. The van der Waals surface area contributed by atoms with Crippen LogP contribution in [0.15, 0.2) is 48.5 Å². The number of likely N-dealkylation sites (N-methyl/N-ethyl adjacent to an activating group) is 1. The molecule has 0 aromatic heterocycles. The molecule has 2 aromatic carbocycles. The van der Waals surface area contributed by atoms with Crippen molar-refractivity contribution in [3.05, 3.63) is 59.7 Å². The average Bonchev–Trinajstić information content (AvgIpc) is 2.63. The number of aliphatic hydroxyl groups is 1. The first-order valence-corrected chi connectivity index (χ1v) is 8.41. The van der Waals surface area contributed by atoms with E-state index in [0.29, 0.717) is 0 Å². The van der Waals surface area contributed by atoms with Gasteiger partial charge in [-0.25, -0.2) is 0 Å². The minimum atomic E-state index is -0.252. The first-order valence-electron chi connectivity index (χ1n) is 8.41. The van der Waals surface area contributed by atoms with Crippen LogP contribution >= 0.6 is 0 Å². The van der Waals surface area contributed by atoms with E-state index in [1.54, 1.807) is 7.11 Å². The van der Waals surface area contributed by atoms with Gasteiger partial charge < -0.3 is 15.2 Å². The highest BCUT2D eigenvalue weighted by Crippen LogP contribution is 2.22. The third-order valence-electron chi connectivity index (χ3n) is 4.27. The summed E-state index contributed by atoms with van der Waals surface area (Å²) in [6.45, 7) is 2.18. The van der Waals surface area contributed by atoms with Crippen LogP contribution in [0.5, 0.6) is 5.75 Å². The Morgan fingerprint density at radius 2 is 1.88 bits per heavy atom. The van der Waals surface area contributed by atoms with Crippen LogP contribution in [-0.2, 0) is 11.2 Å².